The van der Waals surface area contributed by atoms with Crippen molar-refractivity contribution in [2.24, 2.45) is 0 Å². The van der Waals surface area contributed by atoms with E-state index in [1.165, 1.54) is 24.8 Å². The van der Waals surface area contributed by atoms with Gasteiger partial charge < -0.3 is 5.32 Å². The van der Waals surface area contributed by atoms with Crippen LogP contribution in [0.1, 0.15) is 44.7 Å². The van der Waals surface area contributed by atoms with Gasteiger partial charge in [0.1, 0.15) is 5.82 Å². The van der Waals surface area contributed by atoms with Crippen molar-refractivity contribution in [3.63, 3.8) is 0 Å². The summed E-state index contributed by atoms with van der Waals surface area (Å²) in [4.78, 5) is 2.65. The number of halogens is 1. The Bertz CT molecular complexity index is 427. The van der Waals surface area contributed by atoms with Crippen molar-refractivity contribution in [3.8, 4) is 0 Å². The SMILES string of the molecule is CC1CC(N[C@@H](C)c2ccc(F)cc2)CN1C1CC1. The van der Waals surface area contributed by atoms with Gasteiger partial charge in [0.25, 0.3) is 0 Å². The van der Waals surface area contributed by atoms with E-state index < -0.39 is 0 Å². The largest absolute Gasteiger partial charge is 0.306 e. The molecule has 1 saturated heterocycles. The molecule has 104 valence electrons. The van der Waals surface area contributed by atoms with E-state index in [2.05, 4.69) is 24.1 Å². The number of rotatable bonds is 4. The van der Waals surface area contributed by atoms with Crippen molar-refractivity contribution in [2.45, 2.75) is 57.3 Å². The molecule has 1 N–H and O–H groups in total. The Morgan fingerprint density at radius 3 is 2.58 bits per heavy atom. The van der Waals surface area contributed by atoms with E-state index in [-0.39, 0.29) is 11.9 Å². The Morgan fingerprint density at radius 2 is 1.95 bits per heavy atom. The molecule has 1 aliphatic carbocycles. The van der Waals surface area contributed by atoms with Crippen LogP contribution in [0, 0.1) is 5.82 Å². The Kier molecular flexibility index (Phi) is 3.59. The van der Waals surface area contributed by atoms with E-state index in [0.29, 0.717) is 12.1 Å². The predicted octanol–water partition coefficient (Wildman–Crippen LogP) is 3.10. The van der Waals surface area contributed by atoms with Crippen LogP contribution in [-0.4, -0.2) is 29.6 Å². The molecule has 0 bridgehead atoms. The van der Waals surface area contributed by atoms with Gasteiger partial charge in [0.15, 0.2) is 0 Å². The highest BCUT2D eigenvalue weighted by Crippen LogP contribution is 2.33. The monoisotopic (exact) mass is 262 g/mol. The van der Waals surface area contributed by atoms with Crippen molar-refractivity contribution < 1.29 is 4.39 Å². The van der Waals surface area contributed by atoms with Crippen LogP contribution in [0.2, 0.25) is 0 Å². The van der Waals surface area contributed by atoms with Crippen molar-refractivity contribution in [1.29, 1.82) is 0 Å². The van der Waals surface area contributed by atoms with Gasteiger partial charge in [-0.2, -0.15) is 0 Å². The Morgan fingerprint density at radius 1 is 1.26 bits per heavy atom. The molecule has 19 heavy (non-hydrogen) atoms. The quantitative estimate of drug-likeness (QED) is 0.897. The van der Waals surface area contributed by atoms with Crippen LogP contribution >= 0.6 is 0 Å². The first-order chi connectivity index (χ1) is 9.13. The maximum Gasteiger partial charge on any atom is 0.123 e. The Balaban J connectivity index is 1.57. The van der Waals surface area contributed by atoms with Crippen LogP contribution in [0.4, 0.5) is 4.39 Å². The first kappa shape index (κ1) is 13.1. The maximum atomic E-state index is 12.9. The predicted molar refractivity (Wildman–Crippen MR) is 75.5 cm³/mol. The van der Waals surface area contributed by atoms with Crippen LogP contribution in [0.15, 0.2) is 24.3 Å². The second-order valence-electron chi connectivity index (χ2n) is 6.15. The summed E-state index contributed by atoms with van der Waals surface area (Å²) in [5.74, 6) is -0.162. The summed E-state index contributed by atoms with van der Waals surface area (Å²) in [7, 11) is 0. The molecule has 2 aliphatic rings. The lowest BCUT2D eigenvalue weighted by atomic mass is 10.1. The molecule has 2 nitrogen and oxygen atoms in total. The number of likely N-dealkylation sites (tertiary alicyclic amines) is 1. The molecule has 3 heteroatoms. The van der Waals surface area contributed by atoms with E-state index >= 15 is 0 Å². The van der Waals surface area contributed by atoms with E-state index in [1.54, 1.807) is 12.1 Å². The first-order valence-corrected chi connectivity index (χ1v) is 7.40. The molecule has 0 radical (unpaired) electrons. The number of hydrogen-bond acceptors (Lipinski definition) is 2. The molecule has 1 aromatic rings. The minimum atomic E-state index is -0.162. The summed E-state index contributed by atoms with van der Waals surface area (Å²) >= 11 is 0. The van der Waals surface area contributed by atoms with Crippen molar-refractivity contribution in [2.75, 3.05) is 6.54 Å². The second-order valence-corrected chi connectivity index (χ2v) is 6.15. The zero-order valence-corrected chi connectivity index (χ0v) is 11.8. The average Bonchev–Trinajstić information content (AvgIpc) is 3.15. The highest BCUT2D eigenvalue weighted by atomic mass is 19.1. The molecule has 3 atom stereocenters. The van der Waals surface area contributed by atoms with Gasteiger partial charge in [0.2, 0.25) is 0 Å². The summed E-state index contributed by atoms with van der Waals surface area (Å²) in [5.41, 5.74) is 1.17. The molecule has 1 aromatic carbocycles. The number of nitrogens with zero attached hydrogens (tertiary/aromatic N) is 1. The van der Waals surface area contributed by atoms with Crippen LogP contribution in [-0.2, 0) is 0 Å². The molecule has 0 amide bonds. The lowest BCUT2D eigenvalue weighted by Gasteiger charge is -2.21. The molecule has 1 aliphatic heterocycles. The van der Waals surface area contributed by atoms with Gasteiger partial charge in [-0.05, 0) is 50.8 Å². The minimum absolute atomic E-state index is 0.162. The highest BCUT2D eigenvalue weighted by Gasteiger charge is 2.38. The maximum absolute atomic E-state index is 12.9. The standard InChI is InChI=1S/C16H23FN2/c1-11-9-15(10-19(11)16-7-8-16)18-12(2)13-3-5-14(17)6-4-13/h3-6,11-12,15-16,18H,7-10H2,1-2H3/t11?,12-,15?/m0/s1. The van der Waals surface area contributed by atoms with E-state index in [1.807, 2.05) is 12.1 Å². The number of hydrogen-bond donors (Lipinski definition) is 1. The van der Waals surface area contributed by atoms with Crippen molar-refractivity contribution in [1.82, 2.24) is 10.2 Å². The Labute approximate surface area is 115 Å². The third kappa shape index (κ3) is 2.98. The Hall–Kier alpha value is -0.930. The zero-order valence-electron chi connectivity index (χ0n) is 11.8. The zero-order chi connectivity index (χ0) is 13.4. The fraction of sp³-hybridized carbons (Fsp3) is 0.625. The van der Waals surface area contributed by atoms with Gasteiger partial charge in [0, 0.05) is 30.7 Å². The third-order valence-electron chi connectivity index (χ3n) is 4.49. The molecule has 2 fully saturated rings. The second kappa shape index (κ2) is 5.22. The smallest absolute Gasteiger partial charge is 0.123 e. The molecule has 1 heterocycles. The normalized spacial score (nSPS) is 29.6. The molecule has 0 spiro atoms. The fourth-order valence-corrected chi connectivity index (χ4v) is 3.29. The molecular weight excluding hydrogens is 239 g/mol. The first-order valence-electron chi connectivity index (χ1n) is 7.40. The topological polar surface area (TPSA) is 15.3 Å². The average molecular weight is 262 g/mol. The van der Waals surface area contributed by atoms with E-state index in [9.17, 15) is 4.39 Å². The van der Waals surface area contributed by atoms with Gasteiger partial charge in [0.05, 0.1) is 0 Å². The summed E-state index contributed by atoms with van der Waals surface area (Å²) in [6, 6.07) is 9.25. The van der Waals surface area contributed by atoms with Crippen LogP contribution in [0.25, 0.3) is 0 Å². The highest BCUT2D eigenvalue weighted by molar-refractivity contribution is 5.19. The number of nitrogens with one attached hydrogen (secondary N) is 1. The van der Waals surface area contributed by atoms with Gasteiger partial charge in [-0.1, -0.05) is 12.1 Å². The van der Waals surface area contributed by atoms with Crippen molar-refractivity contribution >= 4 is 0 Å². The van der Waals surface area contributed by atoms with Crippen LogP contribution in [0.5, 0.6) is 0 Å². The minimum Gasteiger partial charge on any atom is -0.306 e. The summed E-state index contributed by atoms with van der Waals surface area (Å²) in [5, 5.41) is 3.69. The van der Waals surface area contributed by atoms with Gasteiger partial charge in [-0.25, -0.2) is 4.39 Å². The fourth-order valence-electron chi connectivity index (χ4n) is 3.29. The number of benzene rings is 1. The van der Waals surface area contributed by atoms with Gasteiger partial charge in [-0.3, -0.25) is 4.90 Å². The van der Waals surface area contributed by atoms with Gasteiger partial charge >= 0.3 is 0 Å². The molecular formula is C16H23FN2. The lowest BCUT2D eigenvalue weighted by Crippen LogP contribution is -2.35. The molecule has 1 saturated carbocycles. The van der Waals surface area contributed by atoms with Crippen LogP contribution in [0.3, 0.4) is 0 Å². The summed E-state index contributed by atoms with van der Waals surface area (Å²) < 4.78 is 12.9. The van der Waals surface area contributed by atoms with Gasteiger partial charge in [-0.15, -0.1) is 0 Å². The summed E-state index contributed by atoms with van der Waals surface area (Å²) in [6.45, 7) is 5.66. The van der Waals surface area contributed by atoms with Crippen LogP contribution < -0.4 is 5.32 Å². The van der Waals surface area contributed by atoms with E-state index in [0.717, 1.165) is 12.6 Å². The molecule has 3 rings (SSSR count). The van der Waals surface area contributed by atoms with E-state index in [4.69, 9.17) is 0 Å². The molecule has 0 aromatic heterocycles. The van der Waals surface area contributed by atoms with Crippen molar-refractivity contribution in [3.05, 3.63) is 35.6 Å². The summed E-state index contributed by atoms with van der Waals surface area (Å²) in [6.07, 6.45) is 3.98. The third-order valence-corrected chi connectivity index (χ3v) is 4.49. The lowest BCUT2D eigenvalue weighted by molar-refractivity contribution is 0.254. The molecule has 2 unspecified atom stereocenters.